The Morgan fingerprint density at radius 1 is 1.19 bits per heavy atom. The van der Waals surface area contributed by atoms with Crippen molar-refractivity contribution in [3.63, 3.8) is 0 Å². The van der Waals surface area contributed by atoms with Gasteiger partial charge >= 0.3 is 5.97 Å². The Balaban J connectivity index is 2.14. The molecule has 0 bridgehead atoms. The lowest BCUT2D eigenvalue weighted by atomic mass is 9.94. The smallest absolute Gasteiger partial charge is 0.354 e. The number of nitrogens with one attached hydrogen (secondary N) is 1. The zero-order chi connectivity index (χ0) is 27.4. The van der Waals surface area contributed by atoms with Crippen molar-refractivity contribution in [3.8, 4) is 0 Å². The third-order valence-corrected chi connectivity index (χ3v) is 6.79. The van der Waals surface area contributed by atoms with Crippen LogP contribution in [0.1, 0.15) is 59.2 Å². The van der Waals surface area contributed by atoms with Gasteiger partial charge in [-0.2, -0.15) is 0 Å². The largest absolute Gasteiger partial charge is 0.507 e. The fraction of sp³-hybridized carbons (Fsp3) is 0.423. The van der Waals surface area contributed by atoms with E-state index in [0.29, 0.717) is 29.8 Å². The highest BCUT2D eigenvalue weighted by Gasteiger charge is 2.46. The SMILES string of the molecule is CCN(CC)CCCN1C(=O)C(=O)C(=C(O)c2c(C)[nH]c(C(=O)OC)c2C)[C@H]1c1ccc([N+](=O)[O-])cc1. The molecule has 1 amide bonds. The lowest BCUT2D eigenvalue weighted by Gasteiger charge is -2.26. The number of non-ortho nitro benzene ring substituents is 1. The van der Waals surface area contributed by atoms with Crippen molar-refractivity contribution in [1.82, 2.24) is 14.8 Å². The van der Waals surface area contributed by atoms with Crippen LogP contribution in [0.5, 0.6) is 0 Å². The van der Waals surface area contributed by atoms with Gasteiger partial charge in [-0.15, -0.1) is 0 Å². The Bertz CT molecular complexity index is 1240. The Morgan fingerprint density at radius 3 is 2.35 bits per heavy atom. The van der Waals surface area contributed by atoms with Gasteiger partial charge in [-0.3, -0.25) is 19.7 Å². The van der Waals surface area contributed by atoms with E-state index < -0.39 is 34.4 Å². The fourth-order valence-corrected chi connectivity index (χ4v) is 4.79. The molecule has 198 valence electrons. The lowest BCUT2D eigenvalue weighted by molar-refractivity contribution is -0.384. The number of esters is 1. The van der Waals surface area contributed by atoms with E-state index in [0.717, 1.165) is 13.1 Å². The van der Waals surface area contributed by atoms with E-state index in [4.69, 9.17) is 4.74 Å². The lowest BCUT2D eigenvalue weighted by Crippen LogP contribution is -2.33. The number of hydrogen-bond donors (Lipinski definition) is 2. The van der Waals surface area contributed by atoms with Gasteiger partial charge in [0.2, 0.25) is 0 Å². The average molecular weight is 513 g/mol. The van der Waals surface area contributed by atoms with Crippen LogP contribution in [0.3, 0.4) is 0 Å². The quantitative estimate of drug-likeness (QED) is 0.123. The molecule has 3 rings (SSSR count). The summed E-state index contributed by atoms with van der Waals surface area (Å²) in [6.07, 6.45) is 0.590. The van der Waals surface area contributed by atoms with Crippen LogP contribution in [0.4, 0.5) is 5.69 Å². The van der Waals surface area contributed by atoms with Crippen LogP contribution in [0.15, 0.2) is 29.8 Å². The highest BCUT2D eigenvalue weighted by Crippen LogP contribution is 2.41. The van der Waals surface area contributed by atoms with E-state index >= 15 is 0 Å². The summed E-state index contributed by atoms with van der Waals surface area (Å²) in [5.74, 6) is -2.68. The number of nitrogens with zero attached hydrogens (tertiary/aromatic N) is 3. The molecule has 0 aliphatic carbocycles. The number of carbonyl (C=O) groups excluding carboxylic acids is 3. The molecule has 37 heavy (non-hydrogen) atoms. The molecular weight excluding hydrogens is 480 g/mol. The number of likely N-dealkylation sites (tertiary alicyclic amines) is 1. The summed E-state index contributed by atoms with van der Waals surface area (Å²) in [5.41, 5.74) is 1.33. The van der Waals surface area contributed by atoms with Gasteiger partial charge in [-0.1, -0.05) is 13.8 Å². The van der Waals surface area contributed by atoms with Crippen LogP contribution in [0.2, 0.25) is 0 Å². The van der Waals surface area contributed by atoms with E-state index in [1.807, 2.05) is 13.8 Å². The number of H-pyrrole nitrogens is 1. The summed E-state index contributed by atoms with van der Waals surface area (Å²) in [6.45, 7) is 9.96. The monoisotopic (exact) mass is 512 g/mol. The number of Topliss-reactive ketones (excluding diaryl/α,β-unsaturated/α-hetero) is 1. The molecule has 1 aromatic carbocycles. The molecule has 1 aliphatic rings. The van der Waals surface area contributed by atoms with Crippen LogP contribution >= 0.6 is 0 Å². The standard InChI is InChI=1S/C26H32N4O7/c1-6-28(7-2)13-8-14-29-22(17-9-11-18(12-10-17)30(35)36)20(24(32)25(29)33)23(31)19-15(3)21(26(34)37-5)27-16(19)4/h9-12,22,27,31H,6-8,13-14H2,1-5H3/t22-/m1/s1. The minimum absolute atomic E-state index is 0.127. The molecule has 2 heterocycles. The second-order valence-corrected chi connectivity index (χ2v) is 8.84. The van der Waals surface area contributed by atoms with Gasteiger partial charge in [0.05, 0.1) is 23.6 Å². The molecule has 1 fully saturated rings. The first kappa shape index (κ1) is 27.6. The summed E-state index contributed by atoms with van der Waals surface area (Å²) >= 11 is 0. The zero-order valence-corrected chi connectivity index (χ0v) is 21.7. The van der Waals surface area contributed by atoms with Gasteiger partial charge < -0.3 is 24.6 Å². The van der Waals surface area contributed by atoms with Crippen molar-refractivity contribution in [2.45, 2.75) is 40.2 Å². The molecule has 11 nitrogen and oxygen atoms in total. The molecule has 0 saturated carbocycles. The summed E-state index contributed by atoms with van der Waals surface area (Å²) in [7, 11) is 1.23. The number of nitro groups is 1. The molecule has 2 N–H and O–H groups in total. The number of hydrogen-bond acceptors (Lipinski definition) is 8. The van der Waals surface area contributed by atoms with Gasteiger partial charge in [0.15, 0.2) is 0 Å². The molecule has 1 aliphatic heterocycles. The van der Waals surface area contributed by atoms with Gasteiger partial charge in [0.1, 0.15) is 11.5 Å². The van der Waals surface area contributed by atoms with E-state index in [9.17, 15) is 29.6 Å². The first-order valence-electron chi connectivity index (χ1n) is 12.1. The maximum atomic E-state index is 13.3. The summed E-state index contributed by atoms with van der Waals surface area (Å²) in [4.78, 5) is 55.7. The van der Waals surface area contributed by atoms with Crippen LogP contribution in [0, 0.1) is 24.0 Å². The minimum atomic E-state index is -0.951. The number of ketones is 1. The van der Waals surface area contributed by atoms with Gasteiger partial charge in [0.25, 0.3) is 17.4 Å². The molecular formula is C26H32N4O7. The number of aliphatic hydroxyl groups excluding tert-OH is 1. The van der Waals surface area contributed by atoms with E-state index in [1.54, 1.807) is 13.8 Å². The maximum absolute atomic E-state index is 13.3. The number of nitro benzene ring substituents is 1. The van der Waals surface area contributed by atoms with E-state index in [-0.39, 0.29) is 29.1 Å². The molecule has 1 saturated heterocycles. The number of rotatable bonds is 10. The maximum Gasteiger partial charge on any atom is 0.354 e. The highest BCUT2D eigenvalue weighted by molar-refractivity contribution is 6.46. The number of aryl methyl sites for hydroxylation is 1. The van der Waals surface area contributed by atoms with Crippen molar-refractivity contribution < 1.29 is 29.2 Å². The third-order valence-electron chi connectivity index (χ3n) is 6.79. The summed E-state index contributed by atoms with van der Waals surface area (Å²) < 4.78 is 4.79. The number of carbonyl (C=O) groups is 3. The molecule has 0 radical (unpaired) electrons. The number of aliphatic hydroxyl groups is 1. The predicted octanol–water partition coefficient (Wildman–Crippen LogP) is 3.48. The first-order chi connectivity index (χ1) is 17.6. The Hall–Kier alpha value is -3.99. The van der Waals surface area contributed by atoms with Crippen molar-refractivity contribution in [2.24, 2.45) is 0 Å². The molecule has 11 heteroatoms. The summed E-state index contributed by atoms with van der Waals surface area (Å²) in [5, 5.41) is 22.6. The topological polar surface area (TPSA) is 146 Å². The third kappa shape index (κ3) is 5.26. The Kier molecular flexibility index (Phi) is 8.49. The molecule has 2 aromatic rings. The van der Waals surface area contributed by atoms with Crippen molar-refractivity contribution >= 4 is 29.1 Å². The van der Waals surface area contributed by atoms with Gasteiger partial charge in [-0.05, 0) is 63.2 Å². The minimum Gasteiger partial charge on any atom is -0.507 e. The molecule has 0 unspecified atom stereocenters. The number of benzene rings is 1. The van der Waals surface area contributed by atoms with Crippen LogP contribution in [0.25, 0.3) is 5.76 Å². The van der Waals surface area contributed by atoms with E-state index in [1.165, 1.54) is 36.3 Å². The second kappa shape index (κ2) is 11.4. The molecule has 1 atom stereocenters. The normalized spacial score (nSPS) is 17.0. The fourth-order valence-electron chi connectivity index (χ4n) is 4.79. The Morgan fingerprint density at radius 2 is 1.81 bits per heavy atom. The predicted molar refractivity (Wildman–Crippen MR) is 136 cm³/mol. The number of ether oxygens (including phenoxy) is 1. The average Bonchev–Trinajstić information content (AvgIpc) is 3.32. The van der Waals surface area contributed by atoms with Crippen molar-refractivity contribution in [3.05, 3.63) is 68.0 Å². The number of amides is 1. The van der Waals surface area contributed by atoms with Crippen LogP contribution in [-0.4, -0.2) is 75.8 Å². The number of aromatic amines is 1. The van der Waals surface area contributed by atoms with Crippen molar-refractivity contribution in [2.75, 3.05) is 33.3 Å². The zero-order valence-electron chi connectivity index (χ0n) is 21.7. The Labute approximate surface area is 214 Å². The first-order valence-corrected chi connectivity index (χ1v) is 12.1. The number of methoxy groups -OCH3 is 1. The summed E-state index contributed by atoms with van der Waals surface area (Å²) in [6, 6.07) is 4.61. The highest BCUT2D eigenvalue weighted by atomic mass is 16.6. The van der Waals surface area contributed by atoms with Crippen molar-refractivity contribution in [1.29, 1.82) is 0 Å². The van der Waals surface area contributed by atoms with Gasteiger partial charge in [-0.25, -0.2) is 4.79 Å². The van der Waals surface area contributed by atoms with Gasteiger partial charge in [0, 0.05) is 29.9 Å². The molecule has 1 aromatic heterocycles. The second-order valence-electron chi connectivity index (χ2n) is 8.84. The van der Waals surface area contributed by atoms with Crippen LogP contribution < -0.4 is 0 Å². The number of aromatic nitrogens is 1. The van der Waals surface area contributed by atoms with Crippen LogP contribution in [-0.2, 0) is 14.3 Å². The molecule has 0 spiro atoms. The van der Waals surface area contributed by atoms with E-state index in [2.05, 4.69) is 9.88 Å².